The first-order chi connectivity index (χ1) is 9.81. The molecule has 21 heavy (non-hydrogen) atoms. The molecule has 0 spiro atoms. The highest BCUT2D eigenvalue weighted by Crippen LogP contribution is 2.13. The third-order valence-corrected chi connectivity index (χ3v) is 3.60. The monoisotopic (exact) mass is 293 g/mol. The van der Waals surface area contributed by atoms with Crippen molar-refractivity contribution in [3.8, 4) is 0 Å². The molecule has 0 saturated heterocycles. The van der Waals surface area contributed by atoms with E-state index >= 15 is 0 Å². The van der Waals surface area contributed by atoms with Gasteiger partial charge in [0.1, 0.15) is 0 Å². The van der Waals surface area contributed by atoms with Gasteiger partial charge in [-0.05, 0) is 39.7 Å². The van der Waals surface area contributed by atoms with Gasteiger partial charge < -0.3 is 9.84 Å². The lowest BCUT2D eigenvalue weighted by atomic mass is 10.1. The highest BCUT2D eigenvalue weighted by molar-refractivity contribution is 5.14. The zero-order valence-corrected chi connectivity index (χ0v) is 14.2. The second-order valence-electron chi connectivity index (χ2n) is 6.75. The molecule has 0 radical (unpaired) electrons. The van der Waals surface area contributed by atoms with Gasteiger partial charge in [0, 0.05) is 19.1 Å². The van der Waals surface area contributed by atoms with Crippen molar-refractivity contribution in [2.24, 2.45) is 0 Å². The molecule has 0 bridgehead atoms. The predicted octanol–water partition coefficient (Wildman–Crippen LogP) is 3.46. The molecule has 3 heteroatoms. The van der Waals surface area contributed by atoms with E-state index in [0.717, 1.165) is 13.0 Å². The molecule has 1 aromatic rings. The molecule has 0 aliphatic heterocycles. The van der Waals surface area contributed by atoms with Crippen LogP contribution in [-0.4, -0.2) is 40.9 Å². The van der Waals surface area contributed by atoms with Crippen LogP contribution < -0.4 is 0 Å². The molecule has 0 aromatic heterocycles. The summed E-state index contributed by atoms with van der Waals surface area (Å²) in [5, 5.41) is 10.2. The Hall–Kier alpha value is -0.900. The van der Waals surface area contributed by atoms with Gasteiger partial charge in [0.2, 0.25) is 0 Å². The average molecular weight is 293 g/mol. The second kappa shape index (κ2) is 8.52. The van der Waals surface area contributed by atoms with Crippen molar-refractivity contribution in [3.05, 3.63) is 35.9 Å². The van der Waals surface area contributed by atoms with Crippen LogP contribution in [0.15, 0.2) is 30.3 Å². The Morgan fingerprint density at radius 1 is 1.19 bits per heavy atom. The highest BCUT2D eigenvalue weighted by atomic mass is 16.5. The summed E-state index contributed by atoms with van der Waals surface area (Å²) in [7, 11) is 0. The fourth-order valence-electron chi connectivity index (χ4n) is 2.15. The van der Waals surface area contributed by atoms with E-state index in [1.54, 1.807) is 0 Å². The minimum atomic E-state index is -0.457. The fraction of sp³-hybridized carbons (Fsp3) is 0.667. The van der Waals surface area contributed by atoms with E-state index in [-0.39, 0.29) is 5.60 Å². The second-order valence-corrected chi connectivity index (χ2v) is 6.75. The van der Waals surface area contributed by atoms with Gasteiger partial charge in [-0.25, -0.2) is 0 Å². The number of aliphatic hydroxyl groups excluding tert-OH is 1. The number of rotatable bonds is 8. The van der Waals surface area contributed by atoms with E-state index in [1.807, 2.05) is 26.8 Å². The molecule has 1 rings (SSSR count). The summed E-state index contributed by atoms with van der Waals surface area (Å²) in [6.45, 7) is 12.3. The van der Waals surface area contributed by atoms with Crippen molar-refractivity contribution in [1.82, 2.24) is 4.90 Å². The maximum atomic E-state index is 10.2. The van der Waals surface area contributed by atoms with E-state index < -0.39 is 6.10 Å². The third-order valence-electron chi connectivity index (χ3n) is 3.60. The first kappa shape index (κ1) is 18.1. The highest BCUT2D eigenvalue weighted by Gasteiger charge is 2.19. The molecule has 1 N–H and O–H groups in total. The summed E-state index contributed by atoms with van der Waals surface area (Å²) < 4.78 is 5.68. The van der Waals surface area contributed by atoms with E-state index in [4.69, 9.17) is 4.74 Å². The van der Waals surface area contributed by atoms with Crippen molar-refractivity contribution in [3.63, 3.8) is 0 Å². The molecular formula is C18H31NO2. The zero-order chi connectivity index (χ0) is 15.9. The Labute approximate surface area is 129 Å². The number of ether oxygens (including phenoxy) is 1. The molecule has 0 unspecified atom stereocenters. The molecule has 0 heterocycles. The van der Waals surface area contributed by atoms with Crippen molar-refractivity contribution in [1.29, 1.82) is 0 Å². The van der Waals surface area contributed by atoms with Gasteiger partial charge >= 0.3 is 0 Å². The fourth-order valence-corrected chi connectivity index (χ4v) is 2.15. The van der Waals surface area contributed by atoms with Crippen LogP contribution in [-0.2, 0) is 11.3 Å². The quantitative estimate of drug-likeness (QED) is 0.796. The van der Waals surface area contributed by atoms with Crippen molar-refractivity contribution in [2.75, 3.05) is 13.2 Å². The predicted molar refractivity (Wildman–Crippen MR) is 88.3 cm³/mol. The lowest BCUT2D eigenvalue weighted by Crippen LogP contribution is -2.40. The standard InChI is InChI=1S/C18H31NO2/c1-6-15(2)19(12-16-10-8-7-9-11-16)13-17(20)14-21-18(3,4)5/h7-11,15,17,20H,6,12-14H2,1-5H3/t15-,17-/m1/s1. The van der Waals surface area contributed by atoms with Gasteiger partial charge in [-0.1, -0.05) is 37.3 Å². The maximum Gasteiger partial charge on any atom is 0.0900 e. The summed E-state index contributed by atoms with van der Waals surface area (Å²) in [5.41, 5.74) is 1.07. The first-order valence-corrected chi connectivity index (χ1v) is 7.92. The van der Waals surface area contributed by atoms with Crippen LogP contribution >= 0.6 is 0 Å². The molecule has 0 saturated carbocycles. The van der Waals surface area contributed by atoms with Crippen LogP contribution in [0.5, 0.6) is 0 Å². The Balaban J connectivity index is 2.58. The smallest absolute Gasteiger partial charge is 0.0900 e. The van der Waals surface area contributed by atoms with E-state index in [9.17, 15) is 5.11 Å². The minimum absolute atomic E-state index is 0.207. The first-order valence-electron chi connectivity index (χ1n) is 7.92. The van der Waals surface area contributed by atoms with Crippen LogP contribution in [0.4, 0.5) is 0 Å². The molecule has 0 fully saturated rings. The van der Waals surface area contributed by atoms with Crippen molar-refractivity contribution < 1.29 is 9.84 Å². The maximum absolute atomic E-state index is 10.2. The number of hydrogen-bond donors (Lipinski definition) is 1. The molecule has 3 nitrogen and oxygen atoms in total. The molecule has 0 aliphatic rings. The molecule has 120 valence electrons. The van der Waals surface area contributed by atoms with Crippen molar-refractivity contribution in [2.45, 2.75) is 65.3 Å². The summed E-state index contributed by atoms with van der Waals surface area (Å²) in [4.78, 5) is 2.33. The lowest BCUT2D eigenvalue weighted by molar-refractivity contribution is -0.0593. The van der Waals surface area contributed by atoms with Gasteiger partial charge in [-0.3, -0.25) is 4.90 Å². The summed E-state index contributed by atoms with van der Waals surface area (Å²) in [6.07, 6.45) is 0.613. The Morgan fingerprint density at radius 2 is 1.81 bits per heavy atom. The van der Waals surface area contributed by atoms with E-state index in [2.05, 4.69) is 43.0 Å². The Morgan fingerprint density at radius 3 is 2.33 bits per heavy atom. The number of benzene rings is 1. The van der Waals surface area contributed by atoms with Gasteiger partial charge in [-0.2, -0.15) is 0 Å². The molecule has 0 amide bonds. The molecule has 2 atom stereocenters. The SMILES string of the molecule is CC[C@@H](C)N(Cc1ccccc1)C[C@@H](O)COC(C)(C)C. The van der Waals surface area contributed by atoms with E-state index in [1.165, 1.54) is 5.56 Å². The van der Waals surface area contributed by atoms with E-state index in [0.29, 0.717) is 19.2 Å². The molecular weight excluding hydrogens is 262 g/mol. The summed E-state index contributed by atoms with van der Waals surface area (Å²) >= 11 is 0. The van der Waals surface area contributed by atoms with Crippen LogP contribution in [0.2, 0.25) is 0 Å². The van der Waals surface area contributed by atoms with Gasteiger partial charge in [-0.15, -0.1) is 0 Å². The van der Waals surface area contributed by atoms with Crippen molar-refractivity contribution >= 4 is 0 Å². The number of nitrogens with zero attached hydrogens (tertiary/aromatic N) is 1. The Bertz CT molecular complexity index is 386. The molecule has 1 aromatic carbocycles. The lowest BCUT2D eigenvalue weighted by Gasteiger charge is -2.31. The van der Waals surface area contributed by atoms with Gasteiger partial charge in [0.25, 0.3) is 0 Å². The topological polar surface area (TPSA) is 32.7 Å². The van der Waals surface area contributed by atoms with Crippen LogP contribution in [0.1, 0.15) is 46.6 Å². The molecule has 0 aliphatic carbocycles. The number of hydrogen-bond acceptors (Lipinski definition) is 3. The number of aliphatic hydroxyl groups is 1. The zero-order valence-electron chi connectivity index (χ0n) is 14.2. The Kier molecular flexibility index (Phi) is 7.36. The average Bonchev–Trinajstić information content (AvgIpc) is 2.44. The van der Waals surface area contributed by atoms with Gasteiger partial charge in [0.05, 0.1) is 18.3 Å². The van der Waals surface area contributed by atoms with Gasteiger partial charge in [0.15, 0.2) is 0 Å². The third kappa shape index (κ3) is 7.60. The summed E-state index contributed by atoms with van der Waals surface area (Å²) in [5.74, 6) is 0. The van der Waals surface area contributed by atoms with Crippen LogP contribution in [0.25, 0.3) is 0 Å². The summed E-state index contributed by atoms with van der Waals surface area (Å²) in [6, 6.07) is 10.9. The van der Waals surface area contributed by atoms with Crippen LogP contribution in [0.3, 0.4) is 0 Å². The normalized spacial score (nSPS) is 15.2. The van der Waals surface area contributed by atoms with Crippen LogP contribution in [0, 0.1) is 0 Å². The largest absolute Gasteiger partial charge is 0.389 e. The minimum Gasteiger partial charge on any atom is -0.389 e.